The fraction of sp³-hybridized carbons (Fsp3) is 0.174. The number of hydrogen-bond acceptors (Lipinski definition) is 8. The Kier molecular flexibility index (Phi) is 5.53. The highest BCUT2D eigenvalue weighted by molar-refractivity contribution is 7.89. The van der Waals surface area contributed by atoms with Crippen LogP contribution in [0.15, 0.2) is 76.4 Å². The van der Waals surface area contributed by atoms with Gasteiger partial charge in [-0.1, -0.05) is 24.3 Å². The van der Waals surface area contributed by atoms with E-state index in [-0.39, 0.29) is 18.8 Å². The van der Waals surface area contributed by atoms with Crippen LogP contribution in [0.5, 0.6) is 0 Å². The molecule has 168 valence electrons. The zero-order valence-corrected chi connectivity index (χ0v) is 18.6. The maximum atomic E-state index is 12.8. The Bertz CT molecular complexity index is 1430. The average Bonchev–Trinajstić information content (AvgIpc) is 3.36. The molecule has 33 heavy (non-hydrogen) atoms. The Hall–Kier alpha value is -3.76. The third-order valence-corrected chi connectivity index (χ3v) is 7.23. The van der Waals surface area contributed by atoms with E-state index >= 15 is 0 Å². The second kappa shape index (κ2) is 8.64. The molecule has 0 spiro atoms. The minimum absolute atomic E-state index is 0. The smallest absolute Gasteiger partial charge is 0.268 e. The van der Waals surface area contributed by atoms with E-state index < -0.39 is 10.0 Å². The van der Waals surface area contributed by atoms with E-state index in [1.54, 1.807) is 24.5 Å². The molecule has 0 aliphatic carbocycles. The summed E-state index contributed by atoms with van der Waals surface area (Å²) < 4.78 is 33.0. The van der Waals surface area contributed by atoms with E-state index in [9.17, 15) is 8.42 Å². The van der Waals surface area contributed by atoms with Gasteiger partial charge in [-0.25, -0.2) is 13.4 Å². The molecule has 0 N–H and O–H groups in total. The van der Waals surface area contributed by atoms with Gasteiger partial charge in [0.1, 0.15) is 10.6 Å². The molecule has 1 aromatic carbocycles. The van der Waals surface area contributed by atoms with E-state index in [2.05, 4.69) is 20.2 Å². The highest BCUT2D eigenvalue weighted by Crippen LogP contribution is 2.28. The van der Waals surface area contributed by atoms with Gasteiger partial charge in [-0.05, 0) is 43.2 Å². The lowest BCUT2D eigenvalue weighted by molar-refractivity contribution is 0.440. The van der Waals surface area contributed by atoms with Crippen LogP contribution in [-0.4, -0.2) is 51.0 Å². The highest BCUT2D eigenvalue weighted by Gasteiger charge is 2.27. The summed E-state index contributed by atoms with van der Waals surface area (Å²) in [7, 11) is -3.59. The van der Waals surface area contributed by atoms with Crippen molar-refractivity contribution in [1.82, 2.24) is 29.5 Å². The zero-order valence-electron chi connectivity index (χ0n) is 17.8. The quantitative estimate of drug-likeness (QED) is 0.442. The highest BCUT2D eigenvalue weighted by atomic mass is 32.2. The summed E-state index contributed by atoms with van der Waals surface area (Å²) in [5, 5.41) is 8.29. The molecule has 0 saturated carbocycles. The van der Waals surface area contributed by atoms with E-state index in [0.717, 1.165) is 11.1 Å². The van der Waals surface area contributed by atoms with Crippen LogP contribution >= 0.6 is 0 Å². The normalized spacial score (nSPS) is 14.8. The molecule has 0 saturated heterocycles. The van der Waals surface area contributed by atoms with Gasteiger partial charge in [-0.2, -0.15) is 4.31 Å². The van der Waals surface area contributed by atoms with Crippen molar-refractivity contribution in [3.63, 3.8) is 0 Å². The lowest BCUT2D eigenvalue weighted by Crippen LogP contribution is -2.34. The van der Waals surface area contributed by atoms with Crippen molar-refractivity contribution in [3.8, 4) is 23.0 Å². The van der Waals surface area contributed by atoms with E-state index in [0.29, 0.717) is 35.9 Å². The van der Waals surface area contributed by atoms with Gasteiger partial charge in [0, 0.05) is 32.5 Å². The van der Waals surface area contributed by atoms with Crippen molar-refractivity contribution in [2.24, 2.45) is 0 Å². The molecule has 10 heteroatoms. The van der Waals surface area contributed by atoms with Crippen molar-refractivity contribution >= 4 is 15.6 Å². The van der Waals surface area contributed by atoms with Crippen molar-refractivity contribution in [2.45, 2.75) is 18.2 Å². The topological polar surface area (TPSA) is 115 Å². The van der Waals surface area contributed by atoms with Crippen molar-refractivity contribution in [2.75, 3.05) is 13.1 Å². The summed E-state index contributed by atoms with van der Waals surface area (Å²) in [6, 6.07) is 12.7. The molecule has 0 radical (unpaired) electrons. The summed E-state index contributed by atoms with van der Waals surface area (Å²) in [6.07, 6.45) is 6.97. The standard InChI is InChI=1S/C23H20N6O3S.H2/c1-16-21(23-28-27-22(32-23)18-6-3-2-4-7-18)26-20(15-25-16)17-9-12-29(13-10-17)33(30,31)19-8-5-11-24-14-19;/h2-9,11,14-15H,10,12-13H2,1H3;1H. The third-order valence-electron chi connectivity index (χ3n) is 5.38. The Balaban J connectivity index is 0.00000274. The Morgan fingerprint density at radius 1 is 1.03 bits per heavy atom. The Morgan fingerprint density at radius 2 is 1.85 bits per heavy atom. The monoisotopic (exact) mass is 462 g/mol. The molecule has 0 unspecified atom stereocenters. The molecule has 9 nitrogen and oxygen atoms in total. The molecule has 1 aliphatic heterocycles. The summed E-state index contributed by atoms with van der Waals surface area (Å²) >= 11 is 0. The predicted molar refractivity (Wildman–Crippen MR) is 123 cm³/mol. The number of aromatic nitrogens is 5. The first-order valence-electron chi connectivity index (χ1n) is 10.3. The second-order valence-electron chi connectivity index (χ2n) is 7.50. The number of rotatable bonds is 5. The van der Waals surface area contributed by atoms with Crippen LogP contribution in [0.4, 0.5) is 0 Å². The summed E-state index contributed by atoms with van der Waals surface area (Å²) in [6.45, 7) is 2.42. The van der Waals surface area contributed by atoms with Gasteiger partial charge in [0.25, 0.3) is 5.89 Å². The molecule has 0 bridgehead atoms. The summed E-state index contributed by atoms with van der Waals surface area (Å²) in [5.74, 6) is 0.697. The first kappa shape index (κ1) is 21.1. The van der Waals surface area contributed by atoms with E-state index in [1.165, 1.54) is 10.5 Å². The van der Waals surface area contributed by atoms with Gasteiger partial charge in [0.05, 0.1) is 17.6 Å². The maximum Gasteiger partial charge on any atom is 0.268 e. The summed E-state index contributed by atoms with van der Waals surface area (Å²) in [5.41, 5.74) is 3.58. The number of pyridine rings is 1. The van der Waals surface area contributed by atoms with Crippen molar-refractivity contribution < 1.29 is 14.3 Å². The van der Waals surface area contributed by atoms with Crippen molar-refractivity contribution in [1.29, 1.82) is 0 Å². The van der Waals surface area contributed by atoms with Gasteiger partial charge in [0.15, 0.2) is 0 Å². The van der Waals surface area contributed by atoms with E-state index in [1.807, 2.05) is 43.3 Å². The Labute approximate surface area is 192 Å². The van der Waals surface area contributed by atoms with Gasteiger partial charge in [-0.3, -0.25) is 9.97 Å². The Morgan fingerprint density at radius 3 is 2.58 bits per heavy atom. The molecule has 1 aliphatic rings. The minimum atomic E-state index is -3.59. The number of benzene rings is 1. The van der Waals surface area contributed by atoms with Crippen LogP contribution in [0.1, 0.15) is 19.2 Å². The van der Waals surface area contributed by atoms with Crippen LogP contribution in [0.2, 0.25) is 0 Å². The molecular weight excluding hydrogens is 440 g/mol. The average molecular weight is 463 g/mol. The van der Waals surface area contributed by atoms with Gasteiger partial charge < -0.3 is 4.42 Å². The fourth-order valence-corrected chi connectivity index (χ4v) is 4.92. The molecular formula is C23H22N6O3S. The fourth-order valence-electron chi connectivity index (χ4n) is 3.57. The SMILES string of the molecule is Cc1ncc(C2=CCN(S(=O)(=O)c3cccnc3)CC2)nc1-c1nnc(-c2ccccc2)o1.[HH]. The molecule has 0 amide bonds. The number of aryl methyl sites for hydroxylation is 1. The minimum Gasteiger partial charge on any atom is -0.415 e. The summed E-state index contributed by atoms with van der Waals surface area (Å²) in [4.78, 5) is 13.3. The van der Waals surface area contributed by atoms with Gasteiger partial charge in [0.2, 0.25) is 15.9 Å². The third kappa shape index (κ3) is 4.18. The predicted octanol–water partition coefficient (Wildman–Crippen LogP) is 3.62. The molecule has 0 atom stereocenters. The lowest BCUT2D eigenvalue weighted by Gasteiger charge is -2.25. The van der Waals surface area contributed by atoms with Crippen LogP contribution in [-0.2, 0) is 10.0 Å². The van der Waals surface area contributed by atoms with E-state index in [4.69, 9.17) is 9.40 Å². The molecule has 0 fully saturated rings. The van der Waals surface area contributed by atoms with Crippen LogP contribution in [0, 0.1) is 6.92 Å². The largest absolute Gasteiger partial charge is 0.415 e. The lowest BCUT2D eigenvalue weighted by atomic mass is 10.1. The maximum absolute atomic E-state index is 12.8. The number of hydrogen-bond donors (Lipinski definition) is 0. The molecule has 5 rings (SSSR count). The first-order chi connectivity index (χ1) is 16.0. The van der Waals surface area contributed by atoms with Crippen LogP contribution < -0.4 is 0 Å². The van der Waals surface area contributed by atoms with Crippen LogP contribution in [0.25, 0.3) is 28.6 Å². The molecule has 4 aromatic rings. The zero-order chi connectivity index (χ0) is 22.8. The molecule has 3 aromatic heterocycles. The van der Waals surface area contributed by atoms with Crippen molar-refractivity contribution in [3.05, 3.63) is 78.5 Å². The number of nitrogens with zero attached hydrogens (tertiary/aromatic N) is 6. The first-order valence-corrected chi connectivity index (χ1v) is 11.8. The van der Waals surface area contributed by atoms with Crippen LogP contribution in [0.3, 0.4) is 0 Å². The molecule has 4 heterocycles. The van der Waals surface area contributed by atoms with Gasteiger partial charge in [-0.15, -0.1) is 10.2 Å². The second-order valence-corrected chi connectivity index (χ2v) is 9.44. The number of sulfonamides is 1. The van der Waals surface area contributed by atoms with Gasteiger partial charge >= 0.3 is 0 Å².